The summed E-state index contributed by atoms with van der Waals surface area (Å²) in [4.78, 5) is 4.91. The van der Waals surface area contributed by atoms with Gasteiger partial charge in [0.05, 0.1) is 0 Å². The summed E-state index contributed by atoms with van der Waals surface area (Å²) in [5, 5.41) is 0. The van der Waals surface area contributed by atoms with E-state index in [0.717, 1.165) is 6.54 Å². The van der Waals surface area contributed by atoms with Gasteiger partial charge in [0.2, 0.25) is 0 Å². The first kappa shape index (κ1) is 14.0. The number of nitrogens with zero attached hydrogens (tertiary/aromatic N) is 2. The standard InChI is InChI=1S/C15H29N3/c1-17-10-7-11-18(2)14(12-17)15(16)13-8-5-3-4-6-9-13/h8,14-15H,3-7,9-12,16H2,1-2H3. The second-order valence-electron chi connectivity index (χ2n) is 6.07. The van der Waals surface area contributed by atoms with Crippen LogP contribution in [0.5, 0.6) is 0 Å². The Morgan fingerprint density at radius 1 is 1.17 bits per heavy atom. The maximum Gasteiger partial charge on any atom is 0.0424 e. The summed E-state index contributed by atoms with van der Waals surface area (Å²) in [6.07, 6.45) is 10.2. The summed E-state index contributed by atoms with van der Waals surface area (Å²) in [7, 11) is 4.46. The molecule has 3 nitrogen and oxygen atoms in total. The second kappa shape index (κ2) is 6.69. The number of rotatable bonds is 2. The molecule has 0 aromatic heterocycles. The van der Waals surface area contributed by atoms with Gasteiger partial charge in [0, 0.05) is 18.6 Å². The van der Waals surface area contributed by atoms with Crippen LogP contribution in [-0.4, -0.2) is 55.6 Å². The van der Waals surface area contributed by atoms with Crippen LogP contribution in [0.15, 0.2) is 11.6 Å². The number of hydrogen-bond acceptors (Lipinski definition) is 3. The highest BCUT2D eigenvalue weighted by atomic mass is 15.2. The fourth-order valence-corrected chi connectivity index (χ4v) is 3.28. The minimum atomic E-state index is 0.230. The Balaban J connectivity index is 2.04. The van der Waals surface area contributed by atoms with E-state index >= 15 is 0 Å². The van der Waals surface area contributed by atoms with Gasteiger partial charge >= 0.3 is 0 Å². The van der Waals surface area contributed by atoms with Crippen molar-refractivity contribution in [2.75, 3.05) is 33.7 Å². The summed E-state index contributed by atoms with van der Waals surface area (Å²) in [6, 6.07) is 0.718. The molecule has 0 spiro atoms. The molecule has 0 saturated carbocycles. The smallest absolute Gasteiger partial charge is 0.0424 e. The molecule has 2 rings (SSSR count). The molecule has 0 aromatic rings. The Hall–Kier alpha value is -0.380. The van der Waals surface area contributed by atoms with Crippen LogP contribution in [0.25, 0.3) is 0 Å². The summed E-state index contributed by atoms with van der Waals surface area (Å²) in [5.41, 5.74) is 8.09. The van der Waals surface area contributed by atoms with E-state index in [-0.39, 0.29) is 6.04 Å². The molecule has 1 fully saturated rings. The maximum absolute atomic E-state index is 6.58. The minimum Gasteiger partial charge on any atom is -0.323 e. The van der Waals surface area contributed by atoms with Crippen LogP contribution in [0.3, 0.4) is 0 Å². The highest BCUT2D eigenvalue weighted by Gasteiger charge is 2.28. The first-order valence-electron chi connectivity index (χ1n) is 7.52. The topological polar surface area (TPSA) is 32.5 Å². The largest absolute Gasteiger partial charge is 0.323 e. The van der Waals surface area contributed by atoms with Gasteiger partial charge in [-0.1, -0.05) is 18.1 Å². The number of likely N-dealkylation sites (N-methyl/N-ethyl adjacent to an activating group) is 2. The van der Waals surface area contributed by atoms with Crippen LogP contribution >= 0.6 is 0 Å². The number of allylic oxidation sites excluding steroid dienone is 1. The van der Waals surface area contributed by atoms with Gasteiger partial charge < -0.3 is 15.5 Å². The molecular weight excluding hydrogens is 222 g/mol. The van der Waals surface area contributed by atoms with Gasteiger partial charge in [0.1, 0.15) is 0 Å². The molecular formula is C15H29N3. The van der Waals surface area contributed by atoms with E-state index in [9.17, 15) is 0 Å². The van der Waals surface area contributed by atoms with Crippen molar-refractivity contribution in [2.45, 2.75) is 50.6 Å². The third-order valence-corrected chi connectivity index (χ3v) is 4.53. The fourth-order valence-electron chi connectivity index (χ4n) is 3.28. The predicted molar refractivity (Wildman–Crippen MR) is 77.7 cm³/mol. The first-order valence-corrected chi connectivity index (χ1v) is 7.52. The van der Waals surface area contributed by atoms with Gasteiger partial charge in [-0.3, -0.25) is 0 Å². The van der Waals surface area contributed by atoms with Crippen molar-refractivity contribution >= 4 is 0 Å². The predicted octanol–water partition coefficient (Wildman–Crippen LogP) is 1.84. The number of hydrogen-bond donors (Lipinski definition) is 1. The van der Waals surface area contributed by atoms with Crippen LogP contribution in [0.4, 0.5) is 0 Å². The third-order valence-electron chi connectivity index (χ3n) is 4.53. The van der Waals surface area contributed by atoms with Crippen molar-refractivity contribution in [1.29, 1.82) is 0 Å². The van der Waals surface area contributed by atoms with Crippen molar-refractivity contribution < 1.29 is 0 Å². The molecule has 0 amide bonds. The van der Waals surface area contributed by atoms with Crippen LogP contribution in [0, 0.1) is 0 Å². The van der Waals surface area contributed by atoms with E-state index in [1.54, 1.807) is 0 Å². The lowest BCUT2D eigenvalue weighted by Gasteiger charge is -2.33. The molecule has 0 aromatic carbocycles. The molecule has 18 heavy (non-hydrogen) atoms. The molecule has 0 radical (unpaired) electrons. The van der Waals surface area contributed by atoms with Crippen LogP contribution < -0.4 is 5.73 Å². The normalized spacial score (nSPS) is 30.4. The minimum absolute atomic E-state index is 0.230. The quantitative estimate of drug-likeness (QED) is 0.760. The Kier molecular flexibility index (Phi) is 5.22. The van der Waals surface area contributed by atoms with E-state index in [2.05, 4.69) is 30.0 Å². The van der Waals surface area contributed by atoms with Gasteiger partial charge in [-0.05, 0) is 59.3 Å². The summed E-state index contributed by atoms with van der Waals surface area (Å²) in [6.45, 7) is 3.48. The lowest BCUT2D eigenvalue weighted by molar-refractivity contribution is 0.205. The van der Waals surface area contributed by atoms with Crippen molar-refractivity contribution in [3.8, 4) is 0 Å². The molecule has 1 aliphatic carbocycles. The lowest BCUT2D eigenvalue weighted by Crippen LogP contribution is -2.51. The molecule has 2 N–H and O–H groups in total. The fraction of sp³-hybridized carbons (Fsp3) is 0.867. The van der Waals surface area contributed by atoms with Crippen molar-refractivity contribution in [3.63, 3.8) is 0 Å². The molecule has 1 aliphatic heterocycles. The molecule has 3 heteroatoms. The van der Waals surface area contributed by atoms with E-state index in [0.29, 0.717) is 6.04 Å². The molecule has 1 heterocycles. The zero-order chi connectivity index (χ0) is 13.0. The zero-order valence-corrected chi connectivity index (χ0v) is 12.1. The first-order chi connectivity index (χ1) is 8.68. The summed E-state index contributed by atoms with van der Waals surface area (Å²) < 4.78 is 0. The number of nitrogens with two attached hydrogens (primary N) is 1. The average Bonchev–Trinajstić information content (AvgIpc) is 2.70. The molecule has 104 valence electrons. The van der Waals surface area contributed by atoms with E-state index in [1.807, 2.05) is 0 Å². The van der Waals surface area contributed by atoms with E-state index in [1.165, 1.54) is 57.2 Å². The SMILES string of the molecule is CN1CCCN(C)C(C(N)C2=CCCCCC2)C1. The monoisotopic (exact) mass is 251 g/mol. The molecule has 2 atom stereocenters. The highest BCUT2D eigenvalue weighted by molar-refractivity contribution is 5.15. The van der Waals surface area contributed by atoms with E-state index < -0.39 is 0 Å². The Labute approximate surface area is 112 Å². The Bertz CT molecular complexity index is 287. The summed E-state index contributed by atoms with van der Waals surface area (Å²) >= 11 is 0. The van der Waals surface area contributed by atoms with Crippen molar-refractivity contribution in [2.24, 2.45) is 5.73 Å². The third kappa shape index (κ3) is 3.56. The van der Waals surface area contributed by atoms with Gasteiger partial charge in [0.15, 0.2) is 0 Å². The van der Waals surface area contributed by atoms with Gasteiger partial charge in [-0.2, -0.15) is 0 Å². The highest BCUT2D eigenvalue weighted by Crippen LogP contribution is 2.23. The average molecular weight is 251 g/mol. The van der Waals surface area contributed by atoms with Crippen LogP contribution in [0.1, 0.15) is 38.5 Å². The second-order valence-corrected chi connectivity index (χ2v) is 6.07. The van der Waals surface area contributed by atoms with Gasteiger partial charge in [0.25, 0.3) is 0 Å². The Morgan fingerprint density at radius 3 is 2.83 bits per heavy atom. The molecule has 0 bridgehead atoms. The van der Waals surface area contributed by atoms with Crippen molar-refractivity contribution in [1.82, 2.24) is 9.80 Å². The molecule has 2 unspecified atom stereocenters. The lowest BCUT2D eigenvalue weighted by atomic mass is 9.95. The Morgan fingerprint density at radius 2 is 2.00 bits per heavy atom. The van der Waals surface area contributed by atoms with Gasteiger partial charge in [-0.25, -0.2) is 0 Å². The van der Waals surface area contributed by atoms with E-state index in [4.69, 9.17) is 5.73 Å². The maximum atomic E-state index is 6.58. The molecule has 2 aliphatic rings. The van der Waals surface area contributed by atoms with Gasteiger partial charge in [-0.15, -0.1) is 0 Å². The zero-order valence-electron chi connectivity index (χ0n) is 12.1. The van der Waals surface area contributed by atoms with Crippen LogP contribution in [0.2, 0.25) is 0 Å². The molecule has 1 saturated heterocycles. The van der Waals surface area contributed by atoms with Crippen LogP contribution in [-0.2, 0) is 0 Å². The van der Waals surface area contributed by atoms with Crippen molar-refractivity contribution in [3.05, 3.63) is 11.6 Å². The summed E-state index contributed by atoms with van der Waals surface area (Å²) in [5.74, 6) is 0.